The first kappa shape index (κ1) is 5.45. The van der Waals surface area contributed by atoms with Gasteiger partial charge < -0.3 is 0 Å². The molecule has 9 heavy (non-hydrogen) atoms. The topological polar surface area (TPSA) is 0 Å². The van der Waals surface area contributed by atoms with Crippen LogP contribution in [0.2, 0.25) is 0 Å². The first-order valence-corrected chi connectivity index (χ1v) is 3.66. The van der Waals surface area contributed by atoms with Crippen molar-refractivity contribution in [2.45, 2.75) is 19.3 Å². The summed E-state index contributed by atoms with van der Waals surface area (Å²) in [5.41, 5.74) is 1.09. The van der Waals surface area contributed by atoms with Gasteiger partial charge >= 0.3 is 0 Å². The highest BCUT2D eigenvalue weighted by molar-refractivity contribution is 5.19. The van der Waals surface area contributed by atoms with Crippen LogP contribution in [0.4, 0.5) is 4.39 Å². The van der Waals surface area contributed by atoms with Crippen LogP contribution in [0.1, 0.15) is 19.3 Å². The molecule has 0 aromatic heterocycles. The lowest BCUT2D eigenvalue weighted by Crippen LogP contribution is -1.97. The maximum atomic E-state index is 12.1. The Labute approximate surface area is 54.8 Å². The van der Waals surface area contributed by atoms with Gasteiger partial charge in [-0.25, -0.2) is 4.39 Å². The number of rotatable bonds is 1. The summed E-state index contributed by atoms with van der Waals surface area (Å²) < 4.78 is 12.1. The molecule has 0 heterocycles. The molecule has 0 aromatic rings. The Morgan fingerprint density at radius 2 is 2.44 bits per heavy atom. The molecule has 0 radical (unpaired) electrons. The van der Waals surface area contributed by atoms with Gasteiger partial charge in [-0.15, -0.1) is 0 Å². The number of alkyl halides is 1. The van der Waals surface area contributed by atoms with Crippen LogP contribution in [-0.4, -0.2) is 6.67 Å². The lowest BCUT2D eigenvalue weighted by atomic mass is 10.00. The molecule has 2 bridgehead atoms. The maximum absolute atomic E-state index is 12.1. The summed E-state index contributed by atoms with van der Waals surface area (Å²) in [6.07, 6.45) is 5.96. The summed E-state index contributed by atoms with van der Waals surface area (Å²) in [6, 6.07) is 0. The summed E-state index contributed by atoms with van der Waals surface area (Å²) in [5, 5.41) is 0. The van der Waals surface area contributed by atoms with Gasteiger partial charge in [0.1, 0.15) is 6.67 Å². The zero-order chi connectivity index (χ0) is 6.27. The van der Waals surface area contributed by atoms with Gasteiger partial charge in [0.2, 0.25) is 0 Å². The predicted octanol–water partition coefficient (Wildman–Crippen LogP) is 2.31. The molecule has 1 heteroatoms. The summed E-state index contributed by atoms with van der Waals surface area (Å²) >= 11 is 0. The molecule has 0 nitrogen and oxygen atoms in total. The average Bonchev–Trinajstić information content (AvgIpc) is 2.45. The Hall–Kier alpha value is -0.330. The molecular formula is C8H11F. The standard InChI is InChI=1S/C8H11F/c9-5-8-4-6-1-2-7(8)3-6/h4,6-7H,1-3,5H2. The molecule has 1 saturated carbocycles. The Balaban J connectivity index is 2.18. The molecule has 0 amide bonds. The molecule has 0 N–H and O–H groups in total. The van der Waals surface area contributed by atoms with Gasteiger partial charge in [-0.05, 0) is 36.7 Å². The first-order chi connectivity index (χ1) is 4.40. The van der Waals surface area contributed by atoms with Crippen molar-refractivity contribution in [2.24, 2.45) is 11.8 Å². The molecule has 0 aromatic carbocycles. The predicted molar refractivity (Wildman–Crippen MR) is 34.9 cm³/mol. The normalized spacial score (nSPS) is 39.4. The minimum absolute atomic E-state index is 0.193. The molecular weight excluding hydrogens is 115 g/mol. The van der Waals surface area contributed by atoms with Crippen molar-refractivity contribution in [3.05, 3.63) is 11.6 Å². The van der Waals surface area contributed by atoms with Crippen molar-refractivity contribution in [1.29, 1.82) is 0 Å². The van der Waals surface area contributed by atoms with Gasteiger partial charge in [-0.3, -0.25) is 0 Å². The lowest BCUT2D eigenvalue weighted by molar-refractivity contribution is 0.493. The second kappa shape index (κ2) is 1.83. The van der Waals surface area contributed by atoms with E-state index in [1.165, 1.54) is 19.3 Å². The smallest absolute Gasteiger partial charge is 0.111 e. The Bertz CT molecular complexity index is 149. The molecule has 0 spiro atoms. The number of hydrogen-bond donors (Lipinski definition) is 0. The van der Waals surface area contributed by atoms with Gasteiger partial charge in [0, 0.05) is 0 Å². The van der Waals surface area contributed by atoms with Crippen molar-refractivity contribution in [3.63, 3.8) is 0 Å². The zero-order valence-electron chi connectivity index (χ0n) is 5.44. The molecule has 2 unspecified atom stereocenters. The lowest BCUT2D eigenvalue weighted by Gasteiger charge is -2.07. The van der Waals surface area contributed by atoms with E-state index in [0.717, 1.165) is 11.5 Å². The highest BCUT2D eigenvalue weighted by Gasteiger charge is 2.31. The Morgan fingerprint density at radius 1 is 1.56 bits per heavy atom. The van der Waals surface area contributed by atoms with Gasteiger partial charge in [-0.2, -0.15) is 0 Å². The third-order valence-corrected chi connectivity index (χ3v) is 2.60. The van der Waals surface area contributed by atoms with E-state index in [2.05, 4.69) is 6.08 Å². The van der Waals surface area contributed by atoms with Crippen LogP contribution in [0.5, 0.6) is 0 Å². The SMILES string of the molecule is FCC1=CC2CCC1C2. The number of fused-ring (bicyclic) bond motifs is 2. The summed E-state index contributed by atoms with van der Waals surface area (Å²) in [7, 11) is 0. The monoisotopic (exact) mass is 126 g/mol. The Kier molecular flexibility index (Phi) is 1.11. The molecule has 2 aliphatic rings. The molecule has 50 valence electrons. The second-order valence-electron chi connectivity index (χ2n) is 3.15. The quantitative estimate of drug-likeness (QED) is 0.473. The van der Waals surface area contributed by atoms with Gasteiger partial charge in [0.05, 0.1) is 0 Å². The summed E-state index contributed by atoms with van der Waals surface area (Å²) in [6.45, 7) is -0.193. The minimum atomic E-state index is -0.193. The molecule has 1 fully saturated rings. The second-order valence-corrected chi connectivity index (χ2v) is 3.15. The van der Waals surface area contributed by atoms with Crippen LogP contribution >= 0.6 is 0 Å². The van der Waals surface area contributed by atoms with Crippen molar-refractivity contribution in [1.82, 2.24) is 0 Å². The van der Waals surface area contributed by atoms with Crippen LogP contribution in [0.15, 0.2) is 11.6 Å². The highest BCUT2D eigenvalue weighted by Crippen LogP contribution is 2.43. The van der Waals surface area contributed by atoms with Crippen molar-refractivity contribution < 1.29 is 4.39 Å². The van der Waals surface area contributed by atoms with Crippen molar-refractivity contribution in [2.75, 3.05) is 6.67 Å². The van der Waals surface area contributed by atoms with Crippen LogP contribution in [-0.2, 0) is 0 Å². The maximum Gasteiger partial charge on any atom is 0.111 e. The molecule has 2 rings (SSSR count). The van der Waals surface area contributed by atoms with Crippen LogP contribution in [0.25, 0.3) is 0 Å². The molecule has 2 atom stereocenters. The van der Waals surface area contributed by atoms with E-state index < -0.39 is 0 Å². The van der Waals surface area contributed by atoms with Gasteiger partial charge in [0.15, 0.2) is 0 Å². The third-order valence-electron chi connectivity index (χ3n) is 2.60. The molecule has 2 aliphatic carbocycles. The fourth-order valence-corrected chi connectivity index (χ4v) is 2.10. The van der Waals surface area contributed by atoms with E-state index in [4.69, 9.17) is 0 Å². The van der Waals surface area contributed by atoms with E-state index >= 15 is 0 Å². The first-order valence-electron chi connectivity index (χ1n) is 3.66. The highest BCUT2D eigenvalue weighted by atomic mass is 19.1. The van der Waals surface area contributed by atoms with Gasteiger partial charge in [0.25, 0.3) is 0 Å². The fraction of sp³-hybridized carbons (Fsp3) is 0.750. The third kappa shape index (κ3) is 0.707. The van der Waals surface area contributed by atoms with E-state index in [1.54, 1.807) is 0 Å². The number of halogens is 1. The zero-order valence-corrected chi connectivity index (χ0v) is 5.44. The van der Waals surface area contributed by atoms with E-state index in [0.29, 0.717) is 5.92 Å². The Morgan fingerprint density at radius 3 is 2.78 bits per heavy atom. The number of hydrogen-bond acceptors (Lipinski definition) is 0. The summed E-state index contributed by atoms with van der Waals surface area (Å²) in [4.78, 5) is 0. The molecule has 0 aliphatic heterocycles. The molecule has 0 saturated heterocycles. The largest absolute Gasteiger partial charge is 0.246 e. The minimum Gasteiger partial charge on any atom is -0.246 e. The van der Waals surface area contributed by atoms with Crippen LogP contribution in [0, 0.1) is 11.8 Å². The van der Waals surface area contributed by atoms with Crippen LogP contribution in [0.3, 0.4) is 0 Å². The van der Waals surface area contributed by atoms with E-state index in [9.17, 15) is 4.39 Å². The van der Waals surface area contributed by atoms with E-state index in [-0.39, 0.29) is 6.67 Å². The van der Waals surface area contributed by atoms with E-state index in [1.807, 2.05) is 0 Å². The number of allylic oxidation sites excluding steroid dienone is 2. The fourth-order valence-electron chi connectivity index (χ4n) is 2.10. The van der Waals surface area contributed by atoms with Crippen molar-refractivity contribution >= 4 is 0 Å². The van der Waals surface area contributed by atoms with Crippen molar-refractivity contribution in [3.8, 4) is 0 Å². The summed E-state index contributed by atoms with van der Waals surface area (Å²) in [5.74, 6) is 1.39. The van der Waals surface area contributed by atoms with Crippen LogP contribution < -0.4 is 0 Å². The van der Waals surface area contributed by atoms with Gasteiger partial charge in [-0.1, -0.05) is 6.08 Å². The average molecular weight is 126 g/mol.